The third-order valence-electron chi connectivity index (χ3n) is 3.20. The van der Waals surface area contributed by atoms with E-state index >= 15 is 0 Å². The van der Waals surface area contributed by atoms with Gasteiger partial charge in [0.15, 0.2) is 5.65 Å². The van der Waals surface area contributed by atoms with Crippen LogP contribution in [0.5, 0.6) is 0 Å². The molecule has 0 spiro atoms. The summed E-state index contributed by atoms with van der Waals surface area (Å²) in [7, 11) is 0. The van der Waals surface area contributed by atoms with Crippen molar-refractivity contribution in [3.63, 3.8) is 0 Å². The number of aromatic nitrogens is 3. The first-order valence-electron chi connectivity index (χ1n) is 6.33. The molecule has 4 heteroatoms. The second-order valence-corrected chi connectivity index (χ2v) is 5.78. The van der Waals surface area contributed by atoms with E-state index in [0.717, 1.165) is 24.1 Å². The molecule has 0 saturated carbocycles. The number of nitrogens with zero attached hydrogens (tertiary/aromatic N) is 3. The first-order chi connectivity index (χ1) is 8.40. The molecule has 1 aliphatic heterocycles. The lowest BCUT2D eigenvalue weighted by Gasteiger charge is -2.11. The van der Waals surface area contributed by atoms with Gasteiger partial charge in [-0.3, -0.25) is 0 Å². The predicted molar refractivity (Wildman–Crippen MR) is 72.3 cm³/mol. The molecule has 0 aliphatic carbocycles. The number of fused-ring (bicyclic) bond motifs is 1. The van der Waals surface area contributed by atoms with Crippen LogP contribution in [0.4, 0.5) is 0 Å². The molecular formula is C13H17N3S. The Kier molecular flexibility index (Phi) is 3.05. The highest BCUT2D eigenvalue weighted by atomic mass is 32.2. The van der Waals surface area contributed by atoms with Crippen molar-refractivity contribution in [2.75, 3.05) is 5.75 Å². The third kappa shape index (κ3) is 1.95. The monoisotopic (exact) mass is 247 g/mol. The van der Waals surface area contributed by atoms with E-state index in [1.807, 2.05) is 24.0 Å². The summed E-state index contributed by atoms with van der Waals surface area (Å²) < 4.78 is 2.32. The number of aryl methyl sites for hydroxylation is 1. The smallest absolute Gasteiger partial charge is 0.160 e. The summed E-state index contributed by atoms with van der Waals surface area (Å²) in [5.41, 5.74) is 2.10. The fourth-order valence-corrected chi connectivity index (χ4v) is 3.73. The maximum atomic E-state index is 4.79. The molecule has 90 valence electrons. The van der Waals surface area contributed by atoms with Crippen LogP contribution in [-0.2, 0) is 6.54 Å². The van der Waals surface area contributed by atoms with Crippen molar-refractivity contribution in [2.45, 2.75) is 38.0 Å². The number of hydrogen-bond donors (Lipinski definition) is 0. The summed E-state index contributed by atoms with van der Waals surface area (Å²) in [5.74, 6) is 2.51. The second kappa shape index (κ2) is 4.69. The molecule has 3 rings (SSSR count). The largest absolute Gasteiger partial charge is 0.312 e. The lowest BCUT2D eigenvalue weighted by molar-refractivity contribution is 0.633. The third-order valence-corrected chi connectivity index (χ3v) is 4.57. The Bertz CT molecular complexity index is 514. The van der Waals surface area contributed by atoms with Gasteiger partial charge in [-0.05, 0) is 37.1 Å². The zero-order valence-electron chi connectivity index (χ0n) is 10.1. The fraction of sp³-hybridized carbons (Fsp3) is 0.538. The molecule has 3 heterocycles. The van der Waals surface area contributed by atoms with Crippen LogP contribution < -0.4 is 0 Å². The number of rotatable bonds is 3. The molecule has 1 fully saturated rings. The molecule has 17 heavy (non-hydrogen) atoms. The topological polar surface area (TPSA) is 30.7 Å². The molecule has 0 bridgehead atoms. The second-order valence-electron chi connectivity index (χ2n) is 4.47. The van der Waals surface area contributed by atoms with E-state index in [0.29, 0.717) is 5.25 Å². The molecular weight excluding hydrogens is 230 g/mol. The van der Waals surface area contributed by atoms with Gasteiger partial charge in [0.05, 0.1) is 5.25 Å². The van der Waals surface area contributed by atoms with Gasteiger partial charge in [0, 0.05) is 12.7 Å². The Morgan fingerprint density at radius 3 is 3.24 bits per heavy atom. The Balaban J connectivity index is 2.11. The number of thioether (sulfide) groups is 1. The molecule has 0 N–H and O–H groups in total. The predicted octanol–water partition coefficient (Wildman–Crippen LogP) is 3.41. The minimum Gasteiger partial charge on any atom is -0.312 e. The van der Waals surface area contributed by atoms with E-state index in [2.05, 4.69) is 22.5 Å². The maximum Gasteiger partial charge on any atom is 0.160 e. The van der Waals surface area contributed by atoms with Crippen LogP contribution in [0.25, 0.3) is 11.2 Å². The summed E-state index contributed by atoms with van der Waals surface area (Å²) in [6.45, 7) is 3.24. The average Bonchev–Trinajstić information content (AvgIpc) is 2.97. The highest BCUT2D eigenvalue weighted by Crippen LogP contribution is 2.40. The van der Waals surface area contributed by atoms with E-state index in [1.165, 1.54) is 24.4 Å². The SMILES string of the molecule is CCCn1c(C2CCCS2)nc2cccnc21. The van der Waals surface area contributed by atoms with E-state index in [1.54, 1.807) is 0 Å². The lowest BCUT2D eigenvalue weighted by atomic mass is 10.2. The number of hydrogen-bond acceptors (Lipinski definition) is 3. The molecule has 0 aromatic carbocycles. The van der Waals surface area contributed by atoms with Gasteiger partial charge in [-0.1, -0.05) is 6.92 Å². The zero-order valence-corrected chi connectivity index (χ0v) is 10.9. The van der Waals surface area contributed by atoms with Gasteiger partial charge in [-0.25, -0.2) is 9.97 Å². The number of imidazole rings is 1. The molecule has 0 amide bonds. The van der Waals surface area contributed by atoms with Crippen LogP contribution in [-0.4, -0.2) is 20.3 Å². The van der Waals surface area contributed by atoms with E-state index in [4.69, 9.17) is 4.98 Å². The van der Waals surface area contributed by atoms with Gasteiger partial charge in [-0.2, -0.15) is 11.8 Å². The van der Waals surface area contributed by atoms with Crippen molar-refractivity contribution in [1.82, 2.24) is 14.5 Å². The minimum atomic E-state index is 0.579. The molecule has 2 aromatic heterocycles. The maximum absolute atomic E-state index is 4.79. The summed E-state index contributed by atoms with van der Waals surface area (Å²) >= 11 is 2.04. The quantitative estimate of drug-likeness (QED) is 0.832. The lowest BCUT2D eigenvalue weighted by Crippen LogP contribution is -2.06. The molecule has 0 radical (unpaired) electrons. The average molecular weight is 247 g/mol. The van der Waals surface area contributed by atoms with Crippen LogP contribution in [0.3, 0.4) is 0 Å². The van der Waals surface area contributed by atoms with Crippen LogP contribution >= 0.6 is 11.8 Å². The van der Waals surface area contributed by atoms with Crippen molar-refractivity contribution in [2.24, 2.45) is 0 Å². The molecule has 1 saturated heterocycles. The van der Waals surface area contributed by atoms with Crippen molar-refractivity contribution in [3.8, 4) is 0 Å². The first-order valence-corrected chi connectivity index (χ1v) is 7.37. The van der Waals surface area contributed by atoms with Gasteiger partial charge >= 0.3 is 0 Å². The van der Waals surface area contributed by atoms with Crippen LogP contribution in [0.15, 0.2) is 18.3 Å². The van der Waals surface area contributed by atoms with Gasteiger partial charge < -0.3 is 4.57 Å². The molecule has 1 unspecified atom stereocenters. The summed E-state index contributed by atoms with van der Waals surface area (Å²) in [5, 5.41) is 0.579. The molecule has 3 nitrogen and oxygen atoms in total. The fourth-order valence-electron chi connectivity index (χ4n) is 2.45. The molecule has 1 aliphatic rings. The van der Waals surface area contributed by atoms with Gasteiger partial charge in [-0.15, -0.1) is 0 Å². The van der Waals surface area contributed by atoms with E-state index in [9.17, 15) is 0 Å². The van der Waals surface area contributed by atoms with E-state index in [-0.39, 0.29) is 0 Å². The van der Waals surface area contributed by atoms with Gasteiger partial charge in [0.2, 0.25) is 0 Å². The molecule has 2 aromatic rings. The Hall–Kier alpha value is -1.03. The highest BCUT2D eigenvalue weighted by Gasteiger charge is 2.24. The Labute approximate surface area is 106 Å². The highest BCUT2D eigenvalue weighted by molar-refractivity contribution is 7.99. The summed E-state index contributed by atoms with van der Waals surface area (Å²) in [6.07, 6.45) is 5.57. The minimum absolute atomic E-state index is 0.579. The van der Waals surface area contributed by atoms with Crippen LogP contribution in [0.2, 0.25) is 0 Å². The number of pyridine rings is 1. The van der Waals surface area contributed by atoms with Crippen molar-refractivity contribution < 1.29 is 0 Å². The van der Waals surface area contributed by atoms with Crippen LogP contribution in [0.1, 0.15) is 37.3 Å². The van der Waals surface area contributed by atoms with Crippen molar-refractivity contribution in [1.29, 1.82) is 0 Å². The van der Waals surface area contributed by atoms with Crippen molar-refractivity contribution in [3.05, 3.63) is 24.2 Å². The van der Waals surface area contributed by atoms with Gasteiger partial charge in [0.25, 0.3) is 0 Å². The van der Waals surface area contributed by atoms with Crippen molar-refractivity contribution >= 4 is 22.9 Å². The summed E-state index contributed by atoms with van der Waals surface area (Å²) in [4.78, 5) is 9.28. The normalized spacial score (nSPS) is 20.2. The summed E-state index contributed by atoms with van der Waals surface area (Å²) in [6, 6.07) is 4.04. The Morgan fingerprint density at radius 1 is 1.53 bits per heavy atom. The standard InChI is InChI=1S/C13H17N3S/c1-2-8-16-12-10(5-3-7-14-12)15-13(16)11-6-4-9-17-11/h3,5,7,11H,2,4,6,8-9H2,1H3. The van der Waals surface area contributed by atoms with Crippen LogP contribution in [0, 0.1) is 0 Å². The Morgan fingerprint density at radius 2 is 2.47 bits per heavy atom. The molecule has 1 atom stereocenters. The first kappa shape index (κ1) is 11.1. The van der Waals surface area contributed by atoms with Gasteiger partial charge in [0.1, 0.15) is 11.3 Å². The zero-order chi connectivity index (χ0) is 11.7. The van der Waals surface area contributed by atoms with E-state index < -0.39 is 0 Å².